The topological polar surface area (TPSA) is 63.8 Å². The summed E-state index contributed by atoms with van der Waals surface area (Å²) in [5, 5.41) is 13.1. The van der Waals surface area contributed by atoms with Crippen molar-refractivity contribution in [3.63, 3.8) is 0 Å². The summed E-state index contributed by atoms with van der Waals surface area (Å²) in [7, 11) is 1.38. The highest BCUT2D eigenvalue weighted by Crippen LogP contribution is 2.33. The van der Waals surface area contributed by atoms with Gasteiger partial charge < -0.3 is 14.5 Å². The van der Waals surface area contributed by atoms with Crippen molar-refractivity contribution in [1.29, 1.82) is 0 Å². The maximum atomic E-state index is 11.6. The maximum absolute atomic E-state index is 11.6. The fourth-order valence-electron chi connectivity index (χ4n) is 2.73. The Morgan fingerprint density at radius 2 is 2.12 bits per heavy atom. The van der Waals surface area contributed by atoms with Crippen LogP contribution < -0.4 is 0 Å². The van der Waals surface area contributed by atoms with Crippen LogP contribution in [-0.2, 0) is 4.74 Å². The second-order valence-electron chi connectivity index (χ2n) is 5.72. The van der Waals surface area contributed by atoms with Gasteiger partial charge in [0.2, 0.25) is 0 Å². The Labute approximate surface area is 143 Å². The van der Waals surface area contributed by atoms with Gasteiger partial charge in [0.05, 0.1) is 13.3 Å². The monoisotopic (exact) mass is 342 g/mol. The smallest absolute Gasteiger partial charge is 0.348 e. The second kappa shape index (κ2) is 6.49. The number of benzene rings is 1. The number of carbonyl (C=O) groups excluding carboxylic acids is 1. The number of fused-ring (bicyclic) bond motifs is 1. The molecule has 0 saturated carbocycles. The van der Waals surface area contributed by atoms with Gasteiger partial charge in [-0.1, -0.05) is 11.2 Å². The first-order chi connectivity index (χ1) is 11.5. The van der Waals surface area contributed by atoms with Crippen LogP contribution in [0.1, 0.15) is 35.1 Å². The number of carbonyl (C=O) groups is 1. The predicted octanol–water partition coefficient (Wildman–Crippen LogP) is 4.55. The molecule has 0 bridgehead atoms. The lowest BCUT2D eigenvalue weighted by molar-refractivity contribution is 0.0606. The molecule has 124 valence electrons. The molecule has 0 radical (unpaired) electrons. The first kappa shape index (κ1) is 16.3. The molecule has 0 aliphatic rings. The number of thiophene rings is 1. The maximum Gasteiger partial charge on any atom is 0.348 e. The molecule has 3 rings (SSSR count). The van der Waals surface area contributed by atoms with E-state index < -0.39 is 0 Å². The lowest BCUT2D eigenvalue weighted by Crippen LogP contribution is -1.97. The van der Waals surface area contributed by atoms with E-state index >= 15 is 0 Å². The van der Waals surface area contributed by atoms with Crippen LogP contribution in [0.4, 0.5) is 0 Å². The van der Waals surface area contributed by atoms with Crippen LogP contribution >= 0.6 is 11.3 Å². The van der Waals surface area contributed by atoms with Gasteiger partial charge in [-0.15, -0.1) is 11.3 Å². The number of aromatic nitrogens is 1. The third kappa shape index (κ3) is 2.80. The van der Waals surface area contributed by atoms with Crippen LogP contribution in [0.3, 0.4) is 0 Å². The molecule has 1 aromatic carbocycles. The molecule has 2 heterocycles. The molecule has 24 heavy (non-hydrogen) atoms. The quantitative estimate of drug-likeness (QED) is 0.327. The predicted molar refractivity (Wildman–Crippen MR) is 96.4 cm³/mol. The van der Waals surface area contributed by atoms with Gasteiger partial charge in [-0.05, 0) is 43.7 Å². The van der Waals surface area contributed by atoms with Crippen molar-refractivity contribution in [2.24, 2.45) is 5.16 Å². The molecule has 0 saturated heterocycles. The van der Waals surface area contributed by atoms with E-state index in [1.807, 2.05) is 18.3 Å². The normalized spacial score (nSPS) is 11.7. The van der Waals surface area contributed by atoms with E-state index in [0.29, 0.717) is 10.9 Å². The molecule has 0 amide bonds. The summed E-state index contributed by atoms with van der Waals surface area (Å²) in [6.45, 7) is 4.21. The van der Waals surface area contributed by atoms with Gasteiger partial charge >= 0.3 is 5.97 Å². The molecule has 0 unspecified atom stereocenters. The van der Waals surface area contributed by atoms with E-state index in [4.69, 9.17) is 9.94 Å². The zero-order chi connectivity index (χ0) is 17.3. The van der Waals surface area contributed by atoms with Gasteiger partial charge in [0.25, 0.3) is 0 Å². The van der Waals surface area contributed by atoms with Crippen molar-refractivity contribution in [3.05, 3.63) is 47.0 Å². The molecular weight excluding hydrogens is 324 g/mol. The van der Waals surface area contributed by atoms with Crippen LogP contribution in [0.2, 0.25) is 0 Å². The lowest BCUT2D eigenvalue weighted by Gasteiger charge is -2.09. The standard InChI is InChI=1S/C18H18N2O3S/c1-11(2)20-10-13(9-19-22)14-8-12(4-5-15(14)20)16-6-7-17(24-16)18(21)23-3/h4-11,22H,1-3H3/b19-9+. The molecular formula is C18H18N2O3S. The summed E-state index contributed by atoms with van der Waals surface area (Å²) in [5.41, 5.74) is 2.94. The van der Waals surface area contributed by atoms with Crippen LogP contribution in [-0.4, -0.2) is 29.1 Å². The summed E-state index contributed by atoms with van der Waals surface area (Å²) in [4.78, 5) is 13.2. The second-order valence-corrected chi connectivity index (χ2v) is 6.80. The van der Waals surface area contributed by atoms with Crippen LogP contribution in [0.25, 0.3) is 21.3 Å². The number of oxime groups is 1. The molecule has 0 fully saturated rings. The summed E-state index contributed by atoms with van der Waals surface area (Å²) in [5.74, 6) is -0.327. The highest BCUT2D eigenvalue weighted by Gasteiger charge is 2.14. The van der Waals surface area contributed by atoms with E-state index in [2.05, 4.69) is 35.7 Å². The van der Waals surface area contributed by atoms with E-state index in [1.165, 1.54) is 24.7 Å². The fourth-order valence-corrected chi connectivity index (χ4v) is 3.65. The van der Waals surface area contributed by atoms with E-state index in [1.54, 1.807) is 6.07 Å². The van der Waals surface area contributed by atoms with E-state index in [0.717, 1.165) is 26.9 Å². The highest BCUT2D eigenvalue weighted by atomic mass is 32.1. The van der Waals surface area contributed by atoms with Crippen molar-refractivity contribution in [2.75, 3.05) is 7.11 Å². The van der Waals surface area contributed by atoms with Crippen LogP contribution in [0.5, 0.6) is 0 Å². The molecule has 2 aromatic heterocycles. The van der Waals surface area contributed by atoms with Crippen molar-refractivity contribution < 1.29 is 14.7 Å². The van der Waals surface area contributed by atoms with Gasteiger partial charge in [-0.2, -0.15) is 0 Å². The Hall–Kier alpha value is -2.60. The third-order valence-electron chi connectivity index (χ3n) is 3.89. The first-order valence-electron chi connectivity index (χ1n) is 7.55. The average molecular weight is 342 g/mol. The summed E-state index contributed by atoms with van der Waals surface area (Å²) in [6.07, 6.45) is 3.42. The molecule has 6 heteroatoms. The molecule has 5 nitrogen and oxygen atoms in total. The Balaban J connectivity index is 2.12. The largest absolute Gasteiger partial charge is 0.465 e. The molecule has 0 atom stereocenters. The molecule has 0 aliphatic carbocycles. The minimum absolute atomic E-state index is 0.298. The van der Waals surface area contributed by atoms with Crippen LogP contribution in [0, 0.1) is 0 Å². The highest BCUT2D eigenvalue weighted by molar-refractivity contribution is 7.17. The van der Waals surface area contributed by atoms with Gasteiger partial charge in [-0.25, -0.2) is 4.79 Å². The summed E-state index contributed by atoms with van der Waals surface area (Å²) >= 11 is 1.40. The number of ether oxygens (including phenoxy) is 1. The minimum atomic E-state index is -0.327. The van der Waals surface area contributed by atoms with Crippen molar-refractivity contribution in [2.45, 2.75) is 19.9 Å². The van der Waals surface area contributed by atoms with Gasteiger partial charge in [0.15, 0.2) is 0 Å². The number of nitrogens with zero attached hydrogens (tertiary/aromatic N) is 2. The van der Waals surface area contributed by atoms with Crippen LogP contribution in [0.15, 0.2) is 41.7 Å². The first-order valence-corrected chi connectivity index (χ1v) is 8.37. The van der Waals surface area contributed by atoms with Gasteiger partial charge in [0, 0.05) is 33.6 Å². The Morgan fingerprint density at radius 3 is 2.79 bits per heavy atom. The van der Waals surface area contributed by atoms with E-state index in [9.17, 15) is 4.79 Å². The molecule has 1 N–H and O–H groups in total. The summed E-state index contributed by atoms with van der Waals surface area (Å²) in [6, 6.07) is 10.1. The zero-order valence-electron chi connectivity index (χ0n) is 13.7. The number of hydrogen-bond donors (Lipinski definition) is 1. The lowest BCUT2D eigenvalue weighted by atomic mass is 10.1. The summed E-state index contributed by atoms with van der Waals surface area (Å²) < 4.78 is 6.90. The van der Waals surface area contributed by atoms with Gasteiger partial charge in [-0.3, -0.25) is 0 Å². The molecule has 0 aliphatic heterocycles. The molecule has 3 aromatic rings. The van der Waals surface area contributed by atoms with E-state index in [-0.39, 0.29) is 5.97 Å². The Bertz CT molecular complexity index is 922. The van der Waals surface area contributed by atoms with Crippen molar-refractivity contribution in [1.82, 2.24) is 4.57 Å². The zero-order valence-corrected chi connectivity index (χ0v) is 14.5. The Kier molecular flexibility index (Phi) is 4.40. The van der Waals surface area contributed by atoms with Gasteiger partial charge in [0.1, 0.15) is 4.88 Å². The number of hydrogen-bond acceptors (Lipinski definition) is 5. The third-order valence-corrected chi connectivity index (χ3v) is 5.01. The molecule has 0 spiro atoms. The minimum Gasteiger partial charge on any atom is -0.465 e. The SMILES string of the molecule is COC(=O)c1ccc(-c2ccc3c(c2)c(/C=N/O)cn3C(C)C)s1. The van der Waals surface area contributed by atoms with Crippen molar-refractivity contribution in [3.8, 4) is 10.4 Å². The number of esters is 1. The average Bonchev–Trinajstić information content (AvgIpc) is 3.19. The Morgan fingerprint density at radius 1 is 1.33 bits per heavy atom. The number of methoxy groups -OCH3 is 1. The number of rotatable bonds is 4. The van der Waals surface area contributed by atoms with Crippen molar-refractivity contribution >= 4 is 34.4 Å². The fraction of sp³-hybridized carbons (Fsp3) is 0.222.